The first kappa shape index (κ1) is 9.85. The van der Waals surface area contributed by atoms with E-state index in [1.54, 1.807) is 16.8 Å². The van der Waals surface area contributed by atoms with Crippen molar-refractivity contribution in [3.05, 3.63) is 23.8 Å². The van der Waals surface area contributed by atoms with Gasteiger partial charge in [-0.25, -0.2) is 0 Å². The van der Waals surface area contributed by atoms with Gasteiger partial charge in [0.2, 0.25) is 10.8 Å². The Hall–Kier alpha value is -2.13. The summed E-state index contributed by atoms with van der Waals surface area (Å²) >= 11 is 2.70. The van der Waals surface area contributed by atoms with Crippen molar-refractivity contribution in [3.63, 3.8) is 0 Å². The number of hydrogen-bond acceptors (Lipinski definition) is 8. The molecule has 4 rings (SSSR count). The number of hydrogen-bond donors (Lipinski definition) is 0. The molecule has 9 heteroatoms. The minimum absolute atomic E-state index is 0.584. The van der Waals surface area contributed by atoms with E-state index in [1.165, 1.54) is 22.9 Å². The minimum Gasteiger partial charge on any atom is -0.461 e. The molecule has 18 heavy (non-hydrogen) atoms. The third kappa shape index (κ3) is 1.38. The van der Waals surface area contributed by atoms with Crippen LogP contribution in [-0.2, 0) is 0 Å². The highest BCUT2D eigenvalue weighted by molar-refractivity contribution is 7.20. The molecule has 0 atom stereocenters. The molecule has 4 aromatic heterocycles. The molecule has 0 aliphatic carbocycles. The van der Waals surface area contributed by atoms with Crippen LogP contribution in [-0.4, -0.2) is 29.4 Å². The van der Waals surface area contributed by atoms with Crippen LogP contribution in [0, 0.1) is 0 Å². The van der Waals surface area contributed by atoms with Gasteiger partial charge >= 0.3 is 0 Å². The second-order valence-corrected chi connectivity index (χ2v) is 4.96. The van der Waals surface area contributed by atoms with Gasteiger partial charge in [0.1, 0.15) is 5.69 Å². The highest BCUT2D eigenvalue weighted by Gasteiger charge is 2.16. The van der Waals surface area contributed by atoms with E-state index in [2.05, 4.69) is 24.9 Å². The molecule has 0 radical (unpaired) electrons. The smallest absolute Gasteiger partial charge is 0.235 e. The van der Waals surface area contributed by atoms with E-state index in [0.717, 1.165) is 10.7 Å². The van der Waals surface area contributed by atoms with E-state index in [-0.39, 0.29) is 0 Å². The van der Waals surface area contributed by atoms with Crippen LogP contribution in [0.25, 0.3) is 27.2 Å². The second-order valence-electron chi connectivity index (χ2n) is 3.39. The maximum absolute atomic E-state index is 5.30. The fourth-order valence-electron chi connectivity index (χ4n) is 1.54. The van der Waals surface area contributed by atoms with Crippen molar-refractivity contribution in [3.8, 4) is 22.3 Å². The molecule has 0 amide bonds. The van der Waals surface area contributed by atoms with Crippen LogP contribution in [0.4, 0.5) is 0 Å². The molecule has 0 aromatic carbocycles. The highest BCUT2D eigenvalue weighted by Crippen LogP contribution is 2.27. The molecular formula is C9H4N6OS2. The van der Waals surface area contributed by atoms with Crippen LogP contribution in [0.1, 0.15) is 0 Å². The maximum atomic E-state index is 5.30. The van der Waals surface area contributed by atoms with Crippen molar-refractivity contribution >= 4 is 27.8 Å². The minimum atomic E-state index is 0.584. The number of rotatable bonds is 2. The van der Waals surface area contributed by atoms with Crippen molar-refractivity contribution in [2.75, 3.05) is 0 Å². The summed E-state index contributed by atoms with van der Waals surface area (Å²) in [5.74, 6) is 1.22. The van der Waals surface area contributed by atoms with Crippen LogP contribution in [0.5, 0.6) is 0 Å². The van der Waals surface area contributed by atoms with Crippen LogP contribution < -0.4 is 0 Å². The molecule has 0 unspecified atom stereocenters. The largest absolute Gasteiger partial charge is 0.461 e. The lowest BCUT2D eigenvalue weighted by Gasteiger charge is -1.89. The third-order valence-corrected chi connectivity index (χ3v) is 3.74. The van der Waals surface area contributed by atoms with E-state index in [4.69, 9.17) is 4.42 Å². The topological polar surface area (TPSA) is 82.0 Å². The van der Waals surface area contributed by atoms with Crippen molar-refractivity contribution < 1.29 is 4.42 Å². The van der Waals surface area contributed by atoms with Gasteiger partial charge in [0, 0.05) is 5.38 Å². The molecular weight excluding hydrogens is 272 g/mol. The fourth-order valence-corrected chi connectivity index (χ4v) is 2.85. The fraction of sp³-hybridized carbons (Fsp3) is 0. The van der Waals surface area contributed by atoms with Crippen molar-refractivity contribution in [2.24, 2.45) is 0 Å². The Bertz CT molecular complexity index is 784. The Morgan fingerprint density at radius 2 is 2.22 bits per heavy atom. The monoisotopic (exact) mass is 276 g/mol. The van der Waals surface area contributed by atoms with Gasteiger partial charge in [-0.05, 0) is 23.7 Å². The summed E-state index contributed by atoms with van der Waals surface area (Å²) in [5.41, 5.74) is 0.751. The van der Waals surface area contributed by atoms with Gasteiger partial charge in [0.05, 0.1) is 6.26 Å². The molecule has 0 spiro atoms. The van der Waals surface area contributed by atoms with E-state index in [0.29, 0.717) is 16.5 Å². The summed E-state index contributed by atoms with van der Waals surface area (Å²) in [7, 11) is 0. The average molecular weight is 276 g/mol. The van der Waals surface area contributed by atoms with Gasteiger partial charge in [-0.1, -0.05) is 15.8 Å². The van der Waals surface area contributed by atoms with Crippen LogP contribution in [0.2, 0.25) is 0 Å². The first-order chi connectivity index (χ1) is 8.92. The first-order valence-electron chi connectivity index (χ1n) is 4.95. The first-order valence-corrected chi connectivity index (χ1v) is 6.61. The second kappa shape index (κ2) is 3.68. The van der Waals surface area contributed by atoms with E-state index in [1.807, 2.05) is 11.4 Å². The van der Waals surface area contributed by atoms with Gasteiger partial charge in [0.15, 0.2) is 10.8 Å². The molecule has 0 aliphatic rings. The normalized spacial score (nSPS) is 11.3. The summed E-state index contributed by atoms with van der Waals surface area (Å²) in [6.07, 6.45) is 1.59. The molecule has 0 aliphatic heterocycles. The van der Waals surface area contributed by atoms with E-state index in [9.17, 15) is 0 Å². The zero-order chi connectivity index (χ0) is 11.9. The summed E-state index contributed by atoms with van der Waals surface area (Å²) in [4.78, 5) is 0.699. The molecule has 0 saturated carbocycles. The molecule has 0 N–H and O–H groups in total. The summed E-state index contributed by atoms with van der Waals surface area (Å²) in [6.45, 7) is 0. The molecule has 4 heterocycles. The van der Waals surface area contributed by atoms with Gasteiger partial charge < -0.3 is 4.42 Å². The lowest BCUT2D eigenvalue weighted by atomic mass is 10.4. The Balaban J connectivity index is 1.92. The van der Waals surface area contributed by atoms with Crippen LogP contribution in [0.3, 0.4) is 0 Å². The average Bonchev–Trinajstić information content (AvgIpc) is 3.13. The number of fused-ring (bicyclic) bond motifs is 1. The Morgan fingerprint density at radius 1 is 1.22 bits per heavy atom. The zero-order valence-corrected chi connectivity index (χ0v) is 10.4. The van der Waals surface area contributed by atoms with Crippen molar-refractivity contribution in [1.82, 2.24) is 29.4 Å². The molecule has 7 nitrogen and oxygen atoms in total. The molecule has 0 saturated heterocycles. The summed E-state index contributed by atoms with van der Waals surface area (Å²) in [5, 5.41) is 19.1. The number of aromatic nitrogens is 6. The number of nitrogens with zero attached hydrogens (tertiary/aromatic N) is 6. The van der Waals surface area contributed by atoms with Gasteiger partial charge in [-0.15, -0.1) is 15.3 Å². The Labute approximate surface area is 108 Å². The predicted octanol–water partition coefficient (Wildman–Crippen LogP) is 1.96. The van der Waals surface area contributed by atoms with Crippen molar-refractivity contribution in [1.29, 1.82) is 0 Å². The van der Waals surface area contributed by atoms with Crippen LogP contribution >= 0.6 is 22.9 Å². The lowest BCUT2D eigenvalue weighted by molar-refractivity contribution is 0.575. The maximum Gasteiger partial charge on any atom is 0.235 e. The number of furan rings is 1. The predicted molar refractivity (Wildman–Crippen MR) is 65.3 cm³/mol. The molecule has 4 aromatic rings. The SMILES string of the molecule is c1coc(-c2nnc3sc(-c4csnn4)nn23)c1. The Kier molecular flexibility index (Phi) is 2.02. The highest BCUT2D eigenvalue weighted by atomic mass is 32.1. The zero-order valence-electron chi connectivity index (χ0n) is 8.72. The Morgan fingerprint density at radius 3 is 3.00 bits per heavy atom. The van der Waals surface area contributed by atoms with E-state index >= 15 is 0 Å². The summed E-state index contributed by atoms with van der Waals surface area (Å²) < 4.78 is 10.8. The van der Waals surface area contributed by atoms with Gasteiger partial charge in [0.25, 0.3) is 0 Å². The molecule has 88 valence electrons. The quantitative estimate of drug-likeness (QED) is 0.556. The van der Waals surface area contributed by atoms with Crippen molar-refractivity contribution in [2.45, 2.75) is 0 Å². The third-order valence-electron chi connectivity index (χ3n) is 2.31. The van der Waals surface area contributed by atoms with Gasteiger partial charge in [-0.2, -0.15) is 9.61 Å². The van der Waals surface area contributed by atoms with E-state index < -0.39 is 0 Å². The standard InChI is InChI=1S/C9H4N6OS2/c1-2-6(16-3-1)7-11-12-9-15(7)13-8(18-9)5-4-17-14-10-5/h1-4H. The molecule has 0 fully saturated rings. The summed E-state index contributed by atoms with van der Waals surface area (Å²) in [6, 6.07) is 3.62. The lowest BCUT2D eigenvalue weighted by Crippen LogP contribution is -1.89. The van der Waals surface area contributed by atoms with Gasteiger partial charge in [-0.3, -0.25) is 0 Å². The van der Waals surface area contributed by atoms with Crippen LogP contribution in [0.15, 0.2) is 28.2 Å². The molecule has 0 bridgehead atoms.